The molecule has 0 bridgehead atoms. The lowest BCUT2D eigenvalue weighted by atomic mass is 10.1. The first-order valence-corrected chi connectivity index (χ1v) is 9.92. The minimum Gasteiger partial charge on any atom is -0.460 e. The highest BCUT2D eigenvalue weighted by molar-refractivity contribution is 6.06. The Kier molecular flexibility index (Phi) is 6.82. The van der Waals surface area contributed by atoms with Gasteiger partial charge in [0, 0.05) is 23.9 Å². The van der Waals surface area contributed by atoms with E-state index in [4.69, 9.17) is 14.2 Å². The highest BCUT2D eigenvalue weighted by atomic mass is 16.7. The van der Waals surface area contributed by atoms with Crippen LogP contribution in [0.5, 0.6) is 0 Å². The van der Waals surface area contributed by atoms with Crippen LogP contribution < -0.4 is 0 Å². The Hall–Kier alpha value is -2.51. The van der Waals surface area contributed by atoms with Gasteiger partial charge in [0.25, 0.3) is 0 Å². The van der Waals surface area contributed by atoms with E-state index < -0.39 is 11.6 Å². The zero-order chi connectivity index (χ0) is 20.9. The molecule has 0 aliphatic carbocycles. The summed E-state index contributed by atoms with van der Waals surface area (Å²) in [5.41, 5.74) is 1.48. The molecule has 7 heteroatoms. The highest BCUT2D eigenvalue weighted by Gasteiger charge is 2.20. The van der Waals surface area contributed by atoms with Gasteiger partial charge in [-0.05, 0) is 52.2 Å². The highest BCUT2D eigenvalue weighted by Crippen LogP contribution is 2.17. The minimum atomic E-state index is -0.616. The van der Waals surface area contributed by atoms with Crippen molar-refractivity contribution in [2.45, 2.75) is 65.0 Å². The summed E-state index contributed by atoms with van der Waals surface area (Å²) in [5, 5.41) is 4.35. The van der Waals surface area contributed by atoms with Crippen molar-refractivity contribution < 1.29 is 23.8 Å². The van der Waals surface area contributed by atoms with E-state index in [2.05, 4.69) is 5.10 Å². The molecule has 2 aromatic rings. The fourth-order valence-corrected chi connectivity index (χ4v) is 3.04. The van der Waals surface area contributed by atoms with Gasteiger partial charge < -0.3 is 14.2 Å². The number of carbonyl (C=O) groups excluding carboxylic acids is 2. The van der Waals surface area contributed by atoms with Crippen LogP contribution in [0.2, 0.25) is 0 Å². The summed E-state index contributed by atoms with van der Waals surface area (Å²) < 4.78 is 18.3. The molecule has 1 aromatic heterocycles. The van der Waals surface area contributed by atoms with Gasteiger partial charge in [-0.2, -0.15) is 5.10 Å². The maximum absolute atomic E-state index is 12.4. The Balaban J connectivity index is 1.61. The van der Waals surface area contributed by atoms with Gasteiger partial charge in [0.15, 0.2) is 12.1 Å². The monoisotopic (exact) mass is 400 g/mol. The molecule has 7 nitrogen and oxygen atoms in total. The van der Waals surface area contributed by atoms with E-state index in [1.165, 1.54) is 0 Å². The number of aromatic nitrogens is 2. The van der Waals surface area contributed by atoms with Gasteiger partial charge in [0.1, 0.15) is 12.0 Å². The fourth-order valence-electron chi connectivity index (χ4n) is 3.04. The third kappa shape index (κ3) is 6.51. The van der Waals surface area contributed by atoms with Crippen LogP contribution in [0.25, 0.3) is 5.69 Å². The van der Waals surface area contributed by atoms with Gasteiger partial charge in [-0.15, -0.1) is 0 Å². The molecule has 29 heavy (non-hydrogen) atoms. The molecule has 1 aliphatic heterocycles. The van der Waals surface area contributed by atoms with Crippen LogP contribution in [0.1, 0.15) is 62.4 Å². The van der Waals surface area contributed by atoms with E-state index >= 15 is 0 Å². The van der Waals surface area contributed by atoms with Crippen molar-refractivity contribution in [1.82, 2.24) is 9.78 Å². The standard InChI is InChI=1S/C22H28N2O5/c1-22(2,3)29-20(26)12-19(25)17-7-6-8-18(11-17)24-14-16(13-23-24)15-28-21-9-4-5-10-27-21/h6-8,11,13-14,21H,4-5,9-10,12,15H2,1-3H3. The van der Waals surface area contributed by atoms with Crippen molar-refractivity contribution in [3.05, 3.63) is 47.8 Å². The first-order valence-electron chi connectivity index (χ1n) is 9.92. The second-order valence-corrected chi connectivity index (χ2v) is 8.14. The number of ketones is 1. The van der Waals surface area contributed by atoms with E-state index in [0.29, 0.717) is 12.2 Å². The Labute approximate surface area is 170 Å². The molecule has 156 valence electrons. The number of Topliss-reactive ketones (excluding diaryl/α,β-unsaturated/α-hetero) is 1. The lowest BCUT2D eigenvalue weighted by Crippen LogP contribution is -2.25. The molecule has 2 heterocycles. The zero-order valence-electron chi connectivity index (χ0n) is 17.2. The molecule has 1 atom stereocenters. The van der Waals surface area contributed by atoms with Gasteiger partial charge in [-0.3, -0.25) is 9.59 Å². The van der Waals surface area contributed by atoms with E-state index in [1.54, 1.807) is 49.8 Å². The van der Waals surface area contributed by atoms with Crippen LogP contribution in [0.3, 0.4) is 0 Å². The number of nitrogens with zero attached hydrogens (tertiary/aromatic N) is 2. The summed E-state index contributed by atoms with van der Waals surface area (Å²) in [6, 6.07) is 7.02. The van der Waals surface area contributed by atoms with Crippen molar-refractivity contribution in [3.63, 3.8) is 0 Å². The van der Waals surface area contributed by atoms with E-state index in [1.807, 2.05) is 12.3 Å². The van der Waals surface area contributed by atoms with Gasteiger partial charge in [0.05, 0.1) is 18.5 Å². The molecule has 1 aromatic carbocycles. The normalized spacial score (nSPS) is 17.1. The summed E-state index contributed by atoms with van der Waals surface area (Å²) >= 11 is 0. The smallest absolute Gasteiger partial charge is 0.314 e. The topological polar surface area (TPSA) is 79.7 Å². The third-order valence-electron chi connectivity index (χ3n) is 4.37. The first-order chi connectivity index (χ1) is 13.8. The predicted octanol–water partition coefficient (Wildman–Crippen LogP) is 3.83. The third-order valence-corrected chi connectivity index (χ3v) is 4.37. The second-order valence-electron chi connectivity index (χ2n) is 8.14. The molecule has 3 rings (SSSR count). The van der Waals surface area contributed by atoms with Crippen molar-refractivity contribution >= 4 is 11.8 Å². The summed E-state index contributed by atoms with van der Waals surface area (Å²) in [6.45, 7) is 6.48. The Morgan fingerprint density at radius 3 is 2.83 bits per heavy atom. The SMILES string of the molecule is CC(C)(C)OC(=O)CC(=O)c1cccc(-n2cc(COC3CCCCO3)cn2)c1. The van der Waals surface area contributed by atoms with Crippen molar-refractivity contribution in [2.24, 2.45) is 0 Å². The van der Waals surface area contributed by atoms with Gasteiger partial charge in [0.2, 0.25) is 0 Å². The maximum Gasteiger partial charge on any atom is 0.314 e. The molecule has 1 unspecified atom stereocenters. The largest absolute Gasteiger partial charge is 0.460 e. The van der Waals surface area contributed by atoms with Gasteiger partial charge >= 0.3 is 5.97 Å². The fraction of sp³-hybridized carbons (Fsp3) is 0.500. The average molecular weight is 400 g/mol. The van der Waals surface area contributed by atoms with Gasteiger partial charge in [-0.25, -0.2) is 4.68 Å². The number of hydrogen-bond donors (Lipinski definition) is 0. The van der Waals surface area contributed by atoms with Gasteiger partial charge in [-0.1, -0.05) is 12.1 Å². The number of hydrogen-bond acceptors (Lipinski definition) is 6. The Morgan fingerprint density at radius 2 is 2.10 bits per heavy atom. The van der Waals surface area contributed by atoms with Crippen molar-refractivity contribution in [3.8, 4) is 5.69 Å². The van der Waals surface area contributed by atoms with Crippen molar-refractivity contribution in [1.29, 1.82) is 0 Å². The number of rotatable bonds is 7. The van der Waals surface area contributed by atoms with Crippen LogP contribution in [0.15, 0.2) is 36.7 Å². The molecular formula is C22H28N2O5. The van der Waals surface area contributed by atoms with Crippen LogP contribution in [-0.4, -0.2) is 40.0 Å². The van der Waals surface area contributed by atoms with Crippen LogP contribution >= 0.6 is 0 Å². The lowest BCUT2D eigenvalue weighted by Gasteiger charge is -2.22. The molecular weight excluding hydrogens is 372 g/mol. The first kappa shape index (κ1) is 21.2. The molecule has 1 saturated heterocycles. The molecule has 0 amide bonds. The average Bonchev–Trinajstić information content (AvgIpc) is 3.15. The molecule has 0 spiro atoms. The molecule has 0 radical (unpaired) electrons. The maximum atomic E-state index is 12.4. The summed E-state index contributed by atoms with van der Waals surface area (Å²) in [6.07, 6.45) is 6.27. The molecule has 0 N–H and O–H groups in total. The number of carbonyl (C=O) groups is 2. The van der Waals surface area contributed by atoms with E-state index in [9.17, 15) is 9.59 Å². The molecule has 1 fully saturated rings. The quantitative estimate of drug-likeness (QED) is 0.399. The molecule has 0 saturated carbocycles. The van der Waals surface area contributed by atoms with E-state index in [-0.39, 0.29) is 18.5 Å². The number of ether oxygens (including phenoxy) is 3. The summed E-state index contributed by atoms with van der Waals surface area (Å²) in [5.74, 6) is -0.817. The number of esters is 1. The predicted molar refractivity (Wildman–Crippen MR) is 107 cm³/mol. The minimum absolute atomic E-state index is 0.152. The van der Waals surface area contributed by atoms with Crippen LogP contribution in [0, 0.1) is 0 Å². The van der Waals surface area contributed by atoms with E-state index in [0.717, 1.165) is 37.1 Å². The van der Waals surface area contributed by atoms with Crippen LogP contribution in [0.4, 0.5) is 0 Å². The lowest BCUT2D eigenvalue weighted by molar-refractivity contribution is -0.168. The van der Waals surface area contributed by atoms with Crippen LogP contribution in [-0.2, 0) is 25.6 Å². The Bertz CT molecular complexity index is 847. The summed E-state index contributed by atoms with van der Waals surface area (Å²) in [7, 11) is 0. The second kappa shape index (κ2) is 9.33. The van der Waals surface area contributed by atoms with Crippen molar-refractivity contribution in [2.75, 3.05) is 6.61 Å². The molecule has 1 aliphatic rings. The Morgan fingerprint density at radius 1 is 1.28 bits per heavy atom. The summed E-state index contributed by atoms with van der Waals surface area (Å²) in [4.78, 5) is 24.4. The number of benzene rings is 1. The zero-order valence-corrected chi connectivity index (χ0v) is 17.2.